The highest BCUT2D eigenvalue weighted by Crippen LogP contribution is 2.16. The molecule has 0 aliphatic carbocycles. The summed E-state index contributed by atoms with van der Waals surface area (Å²) in [6, 6.07) is 1.76. The van der Waals surface area contributed by atoms with Gasteiger partial charge in [0.1, 0.15) is 0 Å². The van der Waals surface area contributed by atoms with Gasteiger partial charge in [-0.25, -0.2) is 0 Å². The number of piperazine rings is 1. The number of amides is 1. The van der Waals surface area contributed by atoms with Gasteiger partial charge in [0.15, 0.2) is 0 Å². The molecule has 17 heavy (non-hydrogen) atoms. The monoisotopic (exact) mass is 237 g/mol. The van der Waals surface area contributed by atoms with E-state index in [4.69, 9.17) is 4.52 Å². The molecule has 1 amide bonds. The van der Waals surface area contributed by atoms with Crippen molar-refractivity contribution in [2.45, 2.75) is 19.8 Å². The molecule has 1 fully saturated rings. The average molecular weight is 237 g/mol. The Balaban J connectivity index is 2.03. The summed E-state index contributed by atoms with van der Waals surface area (Å²) in [5.41, 5.74) is 0.836. The van der Waals surface area contributed by atoms with Crippen molar-refractivity contribution < 1.29 is 9.32 Å². The molecule has 1 aromatic heterocycles. The first-order chi connectivity index (χ1) is 8.08. The molecule has 1 aromatic rings. The number of likely N-dealkylation sites (N-methyl/N-ethyl adjacent to an activating group) is 1. The molecule has 1 aliphatic heterocycles. The minimum atomic E-state index is -0.0440. The quantitative estimate of drug-likeness (QED) is 0.775. The van der Waals surface area contributed by atoms with E-state index >= 15 is 0 Å². The normalized spacial score (nSPS) is 17.8. The van der Waals surface area contributed by atoms with E-state index in [1.165, 1.54) is 0 Å². The highest BCUT2D eigenvalue weighted by Gasteiger charge is 2.23. The van der Waals surface area contributed by atoms with Gasteiger partial charge < -0.3 is 14.3 Å². The smallest absolute Gasteiger partial charge is 0.292 e. The molecular formula is C12H19N3O2. The molecule has 1 saturated heterocycles. The Morgan fingerprint density at radius 3 is 2.53 bits per heavy atom. The lowest BCUT2D eigenvalue weighted by Gasteiger charge is -2.31. The maximum absolute atomic E-state index is 12.1. The highest BCUT2D eigenvalue weighted by molar-refractivity contribution is 5.91. The van der Waals surface area contributed by atoms with E-state index in [0.29, 0.717) is 5.76 Å². The molecule has 0 unspecified atom stereocenters. The summed E-state index contributed by atoms with van der Waals surface area (Å²) in [5.74, 6) is 0.601. The molecule has 0 aromatic carbocycles. The third-order valence-corrected chi connectivity index (χ3v) is 3.12. The molecular weight excluding hydrogens is 218 g/mol. The van der Waals surface area contributed by atoms with Gasteiger partial charge in [-0.1, -0.05) is 19.0 Å². The van der Waals surface area contributed by atoms with Crippen LogP contribution in [0.25, 0.3) is 0 Å². The third-order valence-electron chi connectivity index (χ3n) is 3.12. The van der Waals surface area contributed by atoms with Gasteiger partial charge in [-0.05, 0) is 13.0 Å². The Hall–Kier alpha value is -1.36. The van der Waals surface area contributed by atoms with E-state index in [-0.39, 0.29) is 11.8 Å². The summed E-state index contributed by atoms with van der Waals surface area (Å²) < 4.78 is 5.11. The van der Waals surface area contributed by atoms with Crippen molar-refractivity contribution in [3.63, 3.8) is 0 Å². The fraction of sp³-hybridized carbons (Fsp3) is 0.667. The first kappa shape index (κ1) is 12.1. The molecule has 0 saturated carbocycles. The number of aromatic nitrogens is 1. The van der Waals surface area contributed by atoms with Gasteiger partial charge >= 0.3 is 0 Å². The number of hydrogen-bond donors (Lipinski definition) is 0. The zero-order valence-corrected chi connectivity index (χ0v) is 10.6. The highest BCUT2D eigenvalue weighted by atomic mass is 16.5. The molecule has 94 valence electrons. The summed E-state index contributed by atoms with van der Waals surface area (Å²) in [6.45, 7) is 7.40. The second kappa shape index (κ2) is 4.87. The Labute approximate surface area is 101 Å². The predicted molar refractivity (Wildman–Crippen MR) is 64.0 cm³/mol. The molecule has 1 aliphatic rings. The molecule has 2 heterocycles. The lowest BCUT2D eigenvalue weighted by atomic mass is 10.1. The lowest BCUT2D eigenvalue weighted by molar-refractivity contribution is 0.0623. The first-order valence-electron chi connectivity index (χ1n) is 6.02. The summed E-state index contributed by atoms with van der Waals surface area (Å²) >= 11 is 0. The molecule has 5 heteroatoms. The Kier molecular flexibility index (Phi) is 3.47. The number of carbonyl (C=O) groups excluding carboxylic acids is 1. The van der Waals surface area contributed by atoms with Gasteiger partial charge in [-0.2, -0.15) is 0 Å². The number of rotatable bonds is 2. The number of nitrogens with zero attached hydrogens (tertiary/aromatic N) is 3. The zero-order chi connectivity index (χ0) is 12.4. The molecule has 0 bridgehead atoms. The van der Waals surface area contributed by atoms with Crippen LogP contribution in [0.15, 0.2) is 10.6 Å². The van der Waals surface area contributed by atoms with Crippen LogP contribution in [0.1, 0.15) is 36.0 Å². The van der Waals surface area contributed by atoms with Crippen molar-refractivity contribution in [3.8, 4) is 0 Å². The van der Waals surface area contributed by atoms with Crippen LogP contribution in [-0.2, 0) is 0 Å². The van der Waals surface area contributed by atoms with E-state index in [2.05, 4.69) is 17.1 Å². The van der Waals surface area contributed by atoms with Gasteiger partial charge in [-0.3, -0.25) is 4.79 Å². The van der Waals surface area contributed by atoms with Crippen molar-refractivity contribution in [1.29, 1.82) is 0 Å². The summed E-state index contributed by atoms with van der Waals surface area (Å²) in [7, 11) is 2.06. The van der Waals surface area contributed by atoms with Gasteiger partial charge in [0.25, 0.3) is 5.91 Å². The number of hydrogen-bond acceptors (Lipinski definition) is 4. The van der Waals surface area contributed by atoms with E-state index in [9.17, 15) is 4.79 Å². The van der Waals surface area contributed by atoms with Crippen LogP contribution < -0.4 is 0 Å². The Morgan fingerprint density at radius 2 is 2.00 bits per heavy atom. The van der Waals surface area contributed by atoms with Crippen molar-refractivity contribution in [3.05, 3.63) is 17.5 Å². The topological polar surface area (TPSA) is 49.6 Å². The minimum Gasteiger partial charge on any atom is -0.351 e. The largest absolute Gasteiger partial charge is 0.351 e. The fourth-order valence-corrected chi connectivity index (χ4v) is 1.83. The lowest BCUT2D eigenvalue weighted by Crippen LogP contribution is -2.47. The standard InChI is InChI=1S/C12H19N3O2/c1-9(2)10-8-11(17-13-10)12(16)15-6-4-14(3)5-7-15/h8-9H,4-7H2,1-3H3. The van der Waals surface area contributed by atoms with Crippen molar-refractivity contribution >= 4 is 5.91 Å². The summed E-state index contributed by atoms with van der Waals surface area (Å²) in [4.78, 5) is 16.2. The third kappa shape index (κ3) is 2.66. The molecule has 2 rings (SSSR count). The molecule has 0 atom stereocenters. The second-order valence-corrected chi connectivity index (χ2v) is 4.87. The SMILES string of the molecule is CC(C)c1cc(C(=O)N2CCN(C)CC2)on1. The first-order valence-corrected chi connectivity index (χ1v) is 6.02. The zero-order valence-electron chi connectivity index (χ0n) is 10.6. The van der Waals surface area contributed by atoms with E-state index in [0.717, 1.165) is 31.9 Å². The maximum atomic E-state index is 12.1. The molecule has 5 nitrogen and oxygen atoms in total. The van der Waals surface area contributed by atoms with Gasteiger partial charge in [-0.15, -0.1) is 0 Å². The van der Waals surface area contributed by atoms with Crippen molar-refractivity contribution in [2.24, 2.45) is 0 Å². The van der Waals surface area contributed by atoms with Crippen LogP contribution in [0.4, 0.5) is 0 Å². The van der Waals surface area contributed by atoms with E-state index in [1.54, 1.807) is 6.07 Å². The second-order valence-electron chi connectivity index (χ2n) is 4.87. The predicted octanol–water partition coefficient (Wildman–Crippen LogP) is 1.19. The van der Waals surface area contributed by atoms with E-state index in [1.807, 2.05) is 18.7 Å². The fourth-order valence-electron chi connectivity index (χ4n) is 1.83. The van der Waals surface area contributed by atoms with Crippen LogP contribution >= 0.6 is 0 Å². The van der Waals surface area contributed by atoms with Crippen LogP contribution in [0.5, 0.6) is 0 Å². The average Bonchev–Trinajstić information content (AvgIpc) is 2.78. The number of carbonyl (C=O) groups is 1. The molecule has 0 spiro atoms. The summed E-state index contributed by atoms with van der Waals surface area (Å²) in [6.07, 6.45) is 0. The minimum absolute atomic E-state index is 0.0440. The van der Waals surface area contributed by atoms with Crippen LogP contribution in [-0.4, -0.2) is 54.1 Å². The Bertz CT molecular complexity index is 392. The maximum Gasteiger partial charge on any atom is 0.292 e. The molecule has 0 radical (unpaired) electrons. The van der Waals surface area contributed by atoms with Crippen LogP contribution in [0, 0.1) is 0 Å². The van der Waals surface area contributed by atoms with Gasteiger partial charge in [0, 0.05) is 32.2 Å². The van der Waals surface area contributed by atoms with Gasteiger partial charge in [0.05, 0.1) is 5.69 Å². The van der Waals surface area contributed by atoms with Crippen molar-refractivity contribution in [2.75, 3.05) is 33.2 Å². The van der Waals surface area contributed by atoms with Gasteiger partial charge in [0.2, 0.25) is 5.76 Å². The molecule has 0 N–H and O–H groups in total. The Morgan fingerprint density at radius 1 is 1.35 bits per heavy atom. The van der Waals surface area contributed by atoms with Crippen molar-refractivity contribution in [1.82, 2.24) is 15.0 Å². The van der Waals surface area contributed by atoms with E-state index < -0.39 is 0 Å². The van der Waals surface area contributed by atoms with Crippen LogP contribution in [0.3, 0.4) is 0 Å². The van der Waals surface area contributed by atoms with Crippen LogP contribution in [0.2, 0.25) is 0 Å². The summed E-state index contributed by atoms with van der Waals surface area (Å²) in [5, 5.41) is 3.91.